The van der Waals surface area contributed by atoms with Crippen LogP contribution in [-0.2, 0) is 4.87 Å². The summed E-state index contributed by atoms with van der Waals surface area (Å²) in [4.78, 5) is 2.87. The normalized spacial score (nSPS) is 10.5. The third-order valence-electron chi connectivity index (χ3n) is 4.69. The van der Waals surface area contributed by atoms with E-state index in [1.54, 1.807) is 26.6 Å². The maximum absolute atomic E-state index is 7.32. The fourth-order valence-corrected chi connectivity index (χ4v) is 3.73. The van der Waals surface area contributed by atoms with Crippen LogP contribution in [0.5, 0.6) is 11.5 Å². The van der Waals surface area contributed by atoms with Gasteiger partial charge in [0.05, 0.1) is 14.2 Å². The number of alkyl halides is 1. The van der Waals surface area contributed by atoms with Gasteiger partial charge in [0.15, 0.2) is 0 Å². The number of ether oxygens (including phenoxy) is 2. The molecule has 0 amide bonds. The molecule has 4 aromatic rings. The second-order valence-corrected chi connectivity index (χ2v) is 7.02. The summed E-state index contributed by atoms with van der Waals surface area (Å²) in [7, 11) is 3.31. The summed E-state index contributed by atoms with van der Waals surface area (Å²) in [6, 6.07) is 31.3. The van der Waals surface area contributed by atoms with Crippen molar-refractivity contribution in [3.05, 3.63) is 126 Å². The fraction of sp³-hybridized carbons (Fsp3) is 0.115. The van der Waals surface area contributed by atoms with Gasteiger partial charge in [0, 0.05) is 23.5 Å². The topological polar surface area (TPSA) is 31.4 Å². The first kappa shape index (κ1) is 21.4. The molecule has 0 fully saturated rings. The molecular formula is C26H24ClNO2. The zero-order valence-electron chi connectivity index (χ0n) is 17.0. The largest absolute Gasteiger partial charge is 0.496 e. The van der Waals surface area contributed by atoms with Crippen LogP contribution in [0.2, 0.25) is 0 Å². The summed E-state index contributed by atoms with van der Waals surface area (Å²) in [5.74, 6) is 1.48. The average Bonchev–Trinajstić information content (AvgIpc) is 2.85. The van der Waals surface area contributed by atoms with Crippen molar-refractivity contribution in [2.45, 2.75) is 4.87 Å². The maximum atomic E-state index is 7.32. The van der Waals surface area contributed by atoms with Crippen molar-refractivity contribution in [2.24, 2.45) is 0 Å². The predicted octanol–water partition coefficient (Wildman–Crippen LogP) is 6.32. The van der Waals surface area contributed by atoms with E-state index in [4.69, 9.17) is 21.1 Å². The zero-order chi connectivity index (χ0) is 21.2. The van der Waals surface area contributed by atoms with E-state index in [9.17, 15) is 0 Å². The van der Waals surface area contributed by atoms with Crippen LogP contribution < -0.4 is 9.47 Å². The van der Waals surface area contributed by atoms with E-state index in [1.807, 2.05) is 97.1 Å². The molecule has 0 spiro atoms. The summed E-state index contributed by atoms with van der Waals surface area (Å²) < 4.78 is 11.2. The highest BCUT2D eigenvalue weighted by Gasteiger charge is 2.38. The number of rotatable bonds is 5. The van der Waals surface area contributed by atoms with Crippen LogP contribution in [0.1, 0.15) is 16.7 Å². The Balaban J connectivity index is 0.000000367. The van der Waals surface area contributed by atoms with Crippen LogP contribution in [0.4, 0.5) is 0 Å². The van der Waals surface area contributed by atoms with E-state index in [-0.39, 0.29) is 0 Å². The number of hydrogen-bond acceptors (Lipinski definition) is 3. The van der Waals surface area contributed by atoms with Crippen molar-refractivity contribution in [1.29, 1.82) is 0 Å². The summed E-state index contributed by atoms with van der Waals surface area (Å²) in [5.41, 5.74) is 2.72. The van der Waals surface area contributed by atoms with Gasteiger partial charge >= 0.3 is 0 Å². The monoisotopic (exact) mass is 417 g/mol. The van der Waals surface area contributed by atoms with Gasteiger partial charge in [-0.15, -0.1) is 11.6 Å². The molecule has 0 saturated carbocycles. The molecule has 3 aromatic carbocycles. The van der Waals surface area contributed by atoms with Gasteiger partial charge in [-0.3, -0.25) is 4.98 Å². The molecule has 0 aliphatic carbocycles. The first-order chi connectivity index (χ1) is 14.7. The highest BCUT2D eigenvalue weighted by molar-refractivity contribution is 6.28. The average molecular weight is 418 g/mol. The van der Waals surface area contributed by atoms with Gasteiger partial charge in [-0.25, -0.2) is 0 Å². The van der Waals surface area contributed by atoms with Crippen LogP contribution in [0.15, 0.2) is 109 Å². The Kier molecular flexibility index (Phi) is 7.47. The molecule has 0 saturated heterocycles. The van der Waals surface area contributed by atoms with E-state index in [0.717, 1.165) is 28.2 Å². The number of para-hydroxylation sites is 2. The lowest BCUT2D eigenvalue weighted by Crippen LogP contribution is -2.24. The number of nitrogens with zero attached hydrogens (tertiary/aromatic N) is 1. The Morgan fingerprint density at radius 2 is 1.03 bits per heavy atom. The Labute approximate surface area is 182 Å². The molecule has 1 aromatic heterocycles. The Hall–Kier alpha value is -3.30. The van der Waals surface area contributed by atoms with Gasteiger partial charge in [-0.1, -0.05) is 72.8 Å². The van der Waals surface area contributed by atoms with Gasteiger partial charge in [-0.2, -0.15) is 0 Å². The lowest BCUT2D eigenvalue weighted by molar-refractivity contribution is 0.399. The predicted molar refractivity (Wildman–Crippen MR) is 122 cm³/mol. The molecule has 0 N–H and O–H groups in total. The number of pyridine rings is 1. The fourth-order valence-electron chi connectivity index (χ4n) is 3.29. The third-order valence-corrected chi connectivity index (χ3v) is 5.32. The standard InChI is InChI=1S/C21H19ClO2.C5H5N/c1-23-19-14-8-6-12-17(19)21(22,16-10-4-3-5-11-16)18-13-7-9-15-20(18)24-2;1-2-4-6-5-3-1/h3-15H,1-2H3;1-5H. The Morgan fingerprint density at radius 1 is 0.600 bits per heavy atom. The quantitative estimate of drug-likeness (QED) is 0.281. The molecule has 4 rings (SSSR count). The van der Waals surface area contributed by atoms with Gasteiger partial charge in [0.1, 0.15) is 16.4 Å². The Morgan fingerprint density at radius 3 is 1.43 bits per heavy atom. The smallest absolute Gasteiger partial charge is 0.126 e. The van der Waals surface area contributed by atoms with Crippen LogP contribution >= 0.6 is 11.6 Å². The zero-order valence-corrected chi connectivity index (χ0v) is 17.8. The van der Waals surface area contributed by atoms with Gasteiger partial charge < -0.3 is 9.47 Å². The minimum absolute atomic E-state index is 0.738. The Bertz CT molecular complexity index is 965. The first-order valence-electron chi connectivity index (χ1n) is 9.58. The summed E-state index contributed by atoms with van der Waals surface area (Å²) >= 11 is 7.32. The summed E-state index contributed by atoms with van der Waals surface area (Å²) in [6.07, 6.45) is 3.50. The molecule has 0 aliphatic heterocycles. The second kappa shape index (κ2) is 10.5. The number of aromatic nitrogens is 1. The molecule has 0 bridgehead atoms. The molecule has 0 atom stereocenters. The van der Waals surface area contributed by atoms with Crippen LogP contribution in [0.3, 0.4) is 0 Å². The van der Waals surface area contributed by atoms with Gasteiger partial charge in [-0.05, 0) is 29.8 Å². The van der Waals surface area contributed by atoms with Crippen LogP contribution in [-0.4, -0.2) is 19.2 Å². The van der Waals surface area contributed by atoms with Gasteiger partial charge in [0.25, 0.3) is 0 Å². The molecule has 0 unspecified atom stereocenters. The lowest BCUT2D eigenvalue weighted by Gasteiger charge is -2.31. The molecule has 30 heavy (non-hydrogen) atoms. The van der Waals surface area contributed by atoms with Crippen molar-refractivity contribution >= 4 is 11.6 Å². The minimum Gasteiger partial charge on any atom is -0.496 e. The second-order valence-electron chi connectivity index (χ2n) is 6.45. The highest BCUT2D eigenvalue weighted by Crippen LogP contribution is 2.49. The van der Waals surface area contributed by atoms with E-state index in [0.29, 0.717) is 0 Å². The van der Waals surface area contributed by atoms with Crippen molar-refractivity contribution in [1.82, 2.24) is 4.98 Å². The van der Waals surface area contributed by atoms with Crippen molar-refractivity contribution in [3.8, 4) is 11.5 Å². The molecule has 4 heteroatoms. The van der Waals surface area contributed by atoms with Crippen LogP contribution in [0.25, 0.3) is 0 Å². The molecule has 1 heterocycles. The van der Waals surface area contributed by atoms with E-state index in [1.165, 1.54) is 0 Å². The van der Waals surface area contributed by atoms with Crippen LogP contribution in [0, 0.1) is 0 Å². The van der Waals surface area contributed by atoms with Crippen molar-refractivity contribution in [2.75, 3.05) is 14.2 Å². The first-order valence-corrected chi connectivity index (χ1v) is 9.96. The van der Waals surface area contributed by atoms with Crippen molar-refractivity contribution in [3.63, 3.8) is 0 Å². The number of benzene rings is 3. The molecule has 0 aliphatic rings. The minimum atomic E-state index is -0.916. The molecule has 152 valence electrons. The number of hydrogen-bond donors (Lipinski definition) is 0. The summed E-state index contributed by atoms with van der Waals surface area (Å²) in [6.45, 7) is 0. The SMILES string of the molecule is COc1ccccc1C(Cl)(c1ccccc1)c1ccccc1OC.c1ccncc1. The number of halogens is 1. The molecule has 0 radical (unpaired) electrons. The third kappa shape index (κ3) is 4.64. The maximum Gasteiger partial charge on any atom is 0.126 e. The van der Waals surface area contributed by atoms with E-state index in [2.05, 4.69) is 4.98 Å². The molecule has 3 nitrogen and oxygen atoms in total. The molecular weight excluding hydrogens is 394 g/mol. The van der Waals surface area contributed by atoms with Gasteiger partial charge in [0.2, 0.25) is 0 Å². The van der Waals surface area contributed by atoms with E-state index >= 15 is 0 Å². The van der Waals surface area contributed by atoms with E-state index < -0.39 is 4.87 Å². The highest BCUT2D eigenvalue weighted by atomic mass is 35.5. The lowest BCUT2D eigenvalue weighted by atomic mass is 9.83. The van der Waals surface area contributed by atoms with Crippen molar-refractivity contribution < 1.29 is 9.47 Å². The summed E-state index contributed by atoms with van der Waals surface area (Å²) in [5, 5.41) is 0. The number of methoxy groups -OCH3 is 2.